The second-order valence-corrected chi connectivity index (χ2v) is 4.03. The summed E-state index contributed by atoms with van der Waals surface area (Å²) in [6.45, 7) is 5.53. The Kier molecular flexibility index (Phi) is 4.94. The van der Waals surface area contributed by atoms with E-state index in [2.05, 4.69) is 24.5 Å². The lowest BCUT2D eigenvalue weighted by molar-refractivity contribution is -0.114. The van der Waals surface area contributed by atoms with Crippen LogP contribution in [0.1, 0.15) is 33.6 Å². The van der Waals surface area contributed by atoms with Gasteiger partial charge >= 0.3 is 0 Å². The lowest BCUT2D eigenvalue weighted by Gasteiger charge is -2.17. The number of benzene rings is 1. The standard InChI is InChI=1S/C13H19FN2O/c1-4-10(5-2)16-13-8-11(15-9(3)17)6-7-12(13)14/h6-8,10,16H,4-5H2,1-3H3,(H,15,17). The molecule has 2 N–H and O–H groups in total. The first-order valence-corrected chi connectivity index (χ1v) is 5.90. The number of halogens is 1. The smallest absolute Gasteiger partial charge is 0.221 e. The predicted octanol–water partition coefficient (Wildman–Crippen LogP) is 3.38. The number of carbonyl (C=O) groups is 1. The molecule has 0 unspecified atom stereocenters. The Hall–Kier alpha value is -1.58. The van der Waals surface area contributed by atoms with Crippen LogP contribution in [0.15, 0.2) is 18.2 Å². The summed E-state index contributed by atoms with van der Waals surface area (Å²) in [6, 6.07) is 4.77. The highest BCUT2D eigenvalue weighted by Crippen LogP contribution is 2.21. The van der Waals surface area contributed by atoms with Crippen LogP contribution >= 0.6 is 0 Å². The second kappa shape index (κ2) is 6.23. The molecule has 0 saturated carbocycles. The van der Waals surface area contributed by atoms with Gasteiger partial charge in [0, 0.05) is 18.7 Å². The van der Waals surface area contributed by atoms with E-state index in [1.807, 2.05) is 0 Å². The monoisotopic (exact) mass is 238 g/mol. The van der Waals surface area contributed by atoms with E-state index in [9.17, 15) is 9.18 Å². The summed E-state index contributed by atoms with van der Waals surface area (Å²) in [4.78, 5) is 10.9. The van der Waals surface area contributed by atoms with Gasteiger partial charge in [-0.25, -0.2) is 4.39 Å². The molecule has 0 atom stereocenters. The molecule has 0 fully saturated rings. The molecule has 94 valence electrons. The molecule has 0 radical (unpaired) electrons. The third kappa shape index (κ3) is 4.06. The molecule has 1 aromatic rings. The molecule has 0 bridgehead atoms. The number of anilines is 2. The van der Waals surface area contributed by atoms with Gasteiger partial charge in [-0.15, -0.1) is 0 Å². The second-order valence-electron chi connectivity index (χ2n) is 4.03. The van der Waals surface area contributed by atoms with Crippen molar-refractivity contribution in [2.24, 2.45) is 0 Å². The molecular weight excluding hydrogens is 219 g/mol. The molecular formula is C13H19FN2O. The van der Waals surface area contributed by atoms with E-state index in [1.54, 1.807) is 12.1 Å². The molecule has 1 amide bonds. The Morgan fingerprint density at radius 2 is 2.00 bits per heavy atom. The molecule has 1 aromatic carbocycles. The third-order valence-electron chi connectivity index (χ3n) is 2.63. The van der Waals surface area contributed by atoms with Crippen LogP contribution < -0.4 is 10.6 Å². The fourth-order valence-corrected chi connectivity index (χ4v) is 1.63. The summed E-state index contributed by atoms with van der Waals surface area (Å²) in [5.74, 6) is -0.462. The fourth-order valence-electron chi connectivity index (χ4n) is 1.63. The minimum absolute atomic E-state index is 0.162. The summed E-state index contributed by atoms with van der Waals surface area (Å²) < 4.78 is 13.6. The van der Waals surface area contributed by atoms with Gasteiger partial charge in [0.15, 0.2) is 0 Å². The zero-order valence-corrected chi connectivity index (χ0v) is 10.5. The topological polar surface area (TPSA) is 41.1 Å². The maximum Gasteiger partial charge on any atom is 0.221 e. The molecule has 0 aromatic heterocycles. The van der Waals surface area contributed by atoms with Gasteiger partial charge in [-0.1, -0.05) is 13.8 Å². The maximum absolute atomic E-state index is 13.6. The first-order chi connectivity index (χ1) is 8.06. The quantitative estimate of drug-likeness (QED) is 0.825. The highest BCUT2D eigenvalue weighted by atomic mass is 19.1. The third-order valence-corrected chi connectivity index (χ3v) is 2.63. The Bertz CT molecular complexity index is 389. The van der Waals surface area contributed by atoms with Crippen LogP contribution in [0.3, 0.4) is 0 Å². The van der Waals surface area contributed by atoms with Crippen molar-refractivity contribution in [1.29, 1.82) is 0 Å². The summed E-state index contributed by atoms with van der Waals surface area (Å²) in [5, 5.41) is 5.77. The lowest BCUT2D eigenvalue weighted by Crippen LogP contribution is -2.18. The molecule has 0 aliphatic heterocycles. The van der Waals surface area contributed by atoms with Crippen LogP contribution in [0.5, 0.6) is 0 Å². The van der Waals surface area contributed by atoms with Crippen molar-refractivity contribution in [3.05, 3.63) is 24.0 Å². The van der Waals surface area contributed by atoms with Crippen LogP contribution in [0.2, 0.25) is 0 Å². The zero-order valence-electron chi connectivity index (χ0n) is 10.5. The summed E-state index contributed by atoms with van der Waals surface area (Å²) in [6.07, 6.45) is 1.86. The van der Waals surface area contributed by atoms with Gasteiger partial charge in [0.2, 0.25) is 5.91 Å². The largest absolute Gasteiger partial charge is 0.380 e. The number of carbonyl (C=O) groups excluding carboxylic acids is 1. The number of rotatable bonds is 5. The van der Waals surface area contributed by atoms with Gasteiger partial charge in [0.05, 0.1) is 5.69 Å². The van der Waals surface area contributed by atoms with E-state index in [-0.39, 0.29) is 17.8 Å². The van der Waals surface area contributed by atoms with Crippen molar-refractivity contribution in [2.45, 2.75) is 39.7 Å². The molecule has 4 heteroatoms. The van der Waals surface area contributed by atoms with E-state index in [4.69, 9.17) is 0 Å². The first kappa shape index (κ1) is 13.5. The summed E-state index contributed by atoms with van der Waals surface area (Å²) in [5.41, 5.74) is 1.04. The van der Waals surface area contributed by atoms with E-state index >= 15 is 0 Å². The molecule has 0 saturated heterocycles. The summed E-state index contributed by atoms with van der Waals surface area (Å²) >= 11 is 0. The van der Waals surface area contributed by atoms with Crippen molar-refractivity contribution in [1.82, 2.24) is 0 Å². The minimum atomic E-state index is -0.300. The summed E-state index contributed by atoms with van der Waals surface area (Å²) in [7, 11) is 0. The number of nitrogens with one attached hydrogen (secondary N) is 2. The molecule has 3 nitrogen and oxygen atoms in total. The van der Waals surface area contributed by atoms with Crippen LogP contribution in [-0.2, 0) is 4.79 Å². The molecule has 17 heavy (non-hydrogen) atoms. The highest BCUT2D eigenvalue weighted by Gasteiger charge is 2.08. The number of hydrogen-bond donors (Lipinski definition) is 2. The Morgan fingerprint density at radius 3 is 2.53 bits per heavy atom. The average Bonchev–Trinajstić information content (AvgIpc) is 2.29. The van der Waals surface area contributed by atoms with Gasteiger partial charge < -0.3 is 10.6 Å². The predicted molar refractivity (Wildman–Crippen MR) is 68.7 cm³/mol. The van der Waals surface area contributed by atoms with Crippen molar-refractivity contribution in [2.75, 3.05) is 10.6 Å². The Morgan fingerprint density at radius 1 is 1.35 bits per heavy atom. The zero-order chi connectivity index (χ0) is 12.8. The Labute approximate surface area is 101 Å². The van der Waals surface area contributed by atoms with E-state index in [1.165, 1.54) is 13.0 Å². The van der Waals surface area contributed by atoms with Crippen molar-refractivity contribution < 1.29 is 9.18 Å². The normalized spacial score (nSPS) is 10.4. The molecule has 0 spiro atoms. The fraction of sp³-hybridized carbons (Fsp3) is 0.462. The van der Waals surface area contributed by atoms with Crippen LogP contribution in [-0.4, -0.2) is 11.9 Å². The van der Waals surface area contributed by atoms with Crippen LogP contribution in [0.4, 0.5) is 15.8 Å². The number of amides is 1. The molecule has 0 heterocycles. The van der Waals surface area contributed by atoms with Gasteiger partial charge in [0.1, 0.15) is 5.82 Å². The average molecular weight is 238 g/mol. The van der Waals surface area contributed by atoms with Crippen molar-refractivity contribution in [3.63, 3.8) is 0 Å². The maximum atomic E-state index is 13.6. The highest BCUT2D eigenvalue weighted by molar-refractivity contribution is 5.89. The van der Waals surface area contributed by atoms with Crippen LogP contribution in [0, 0.1) is 5.82 Å². The van der Waals surface area contributed by atoms with Crippen LogP contribution in [0.25, 0.3) is 0 Å². The number of hydrogen-bond acceptors (Lipinski definition) is 2. The van der Waals surface area contributed by atoms with Gasteiger partial charge in [-0.05, 0) is 31.0 Å². The Balaban J connectivity index is 2.86. The van der Waals surface area contributed by atoms with Crippen molar-refractivity contribution in [3.8, 4) is 0 Å². The molecule has 0 aliphatic rings. The molecule has 1 rings (SSSR count). The van der Waals surface area contributed by atoms with Gasteiger partial charge in [-0.3, -0.25) is 4.79 Å². The molecule has 0 aliphatic carbocycles. The van der Waals surface area contributed by atoms with E-state index < -0.39 is 0 Å². The van der Waals surface area contributed by atoms with E-state index in [0.717, 1.165) is 12.8 Å². The van der Waals surface area contributed by atoms with Gasteiger partial charge in [0.25, 0.3) is 0 Å². The van der Waals surface area contributed by atoms with Gasteiger partial charge in [-0.2, -0.15) is 0 Å². The SMILES string of the molecule is CCC(CC)Nc1cc(NC(C)=O)ccc1F. The lowest BCUT2D eigenvalue weighted by atomic mass is 10.1. The van der Waals surface area contributed by atoms with Crippen molar-refractivity contribution >= 4 is 17.3 Å². The van der Waals surface area contributed by atoms with E-state index in [0.29, 0.717) is 11.4 Å². The minimum Gasteiger partial charge on any atom is -0.380 e. The first-order valence-electron chi connectivity index (χ1n) is 5.90.